The van der Waals surface area contributed by atoms with E-state index < -0.39 is 0 Å². The number of rotatable bonds is 4. The van der Waals surface area contributed by atoms with Crippen molar-refractivity contribution in [1.29, 1.82) is 0 Å². The second-order valence-corrected chi connectivity index (χ2v) is 4.98. The van der Waals surface area contributed by atoms with Crippen molar-refractivity contribution in [3.05, 3.63) is 54.8 Å². The van der Waals surface area contributed by atoms with Gasteiger partial charge in [-0.2, -0.15) is 5.10 Å². The lowest BCUT2D eigenvalue weighted by atomic mass is 10.2. The van der Waals surface area contributed by atoms with E-state index in [4.69, 9.17) is 9.15 Å². The number of oxazole rings is 1. The summed E-state index contributed by atoms with van der Waals surface area (Å²) in [5, 5.41) is 5.37. The molecule has 4 rings (SSSR count). The predicted molar refractivity (Wildman–Crippen MR) is 82.9 cm³/mol. The Labute approximate surface area is 131 Å². The van der Waals surface area contributed by atoms with Crippen LogP contribution < -0.4 is 4.74 Å². The summed E-state index contributed by atoms with van der Waals surface area (Å²) in [7, 11) is 1.66. The largest absolute Gasteiger partial charge is 0.496 e. The molecule has 7 heteroatoms. The fourth-order valence-corrected chi connectivity index (χ4v) is 2.40. The topological polar surface area (TPSA) is 78.9 Å². The third-order valence-corrected chi connectivity index (χ3v) is 3.48. The fraction of sp³-hybridized carbons (Fsp3) is 0.125. The molecule has 7 nitrogen and oxygen atoms in total. The number of nitrogens with zero attached hydrogens (tertiary/aromatic N) is 5. The Kier molecular flexibility index (Phi) is 3.23. The number of para-hydroxylation sites is 1. The Morgan fingerprint density at radius 2 is 2.13 bits per heavy atom. The molecule has 0 N–H and O–H groups in total. The molecule has 0 aliphatic carbocycles. The average Bonchev–Trinajstić information content (AvgIpc) is 3.23. The van der Waals surface area contributed by atoms with Gasteiger partial charge in [-0.25, -0.2) is 15.0 Å². The molecule has 0 spiro atoms. The van der Waals surface area contributed by atoms with E-state index in [0.717, 1.165) is 16.7 Å². The van der Waals surface area contributed by atoms with Crippen LogP contribution in [0.5, 0.6) is 5.75 Å². The normalized spacial score (nSPS) is 11.0. The van der Waals surface area contributed by atoms with Crippen molar-refractivity contribution >= 4 is 11.0 Å². The summed E-state index contributed by atoms with van der Waals surface area (Å²) in [4.78, 5) is 12.6. The van der Waals surface area contributed by atoms with E-state index in [1.54, 1.807) is 19.5 Å². The lowest BCUT2D eigenvalue weighted by Crippen LogP contribution is -2.02. The van der Waals surface area contributed by atoms with E-state index >= 15 is 0 Å². The van der Waals surface area contributed by atoms with Crippen molar-refractivity contribution in [2.24, 2.45) is 0 Å². The Hall–Kier alpha value is -3.22. The van der Waals surface area contributed by atoms with Gasteiger partial charge in [0.05, 0.1) is 25.2 Å². The number of benzene rings is 1. The number of hydrogen-bond acceptors (Lipinski definition) is 6. The third kappa shape index (κ3) is 2.52. The van der Waals surface area contributed by atoms with E-state index in [0.29, 0.717) is 23.8 Å². The molecule has 114 valence electrons. The van der Waals surface area contributed by atoms with E-state index in [-0.39, 0.29) is 0 Å². The quantitative estimate of drug-likeness (QED) is 0.576. The van der Waals surface area contributed by atoms with Crippen LogP contribution in [0.1, 0.15) is 5.56 Å². The first-order chi connectivity index (χ1) is 11.3. The van der Waals surface area contributed by atoms with Gasteiger partial charge in [-0.15, -0.1) is 0 Å². The van der Waals surface area contributed by atoms with Crippen molar-refractivity contribution in [3.8, 4) is 17.3 Å². The summed E-state index contributed by atoms with van der Waals surface area (Å²) in [6.07, 6.45) is 6.56. The highest BCUT2D eigenvalue weighted by Crippen LogP contribution is 2.20. The zero-order valence-corrected chi connectivity index (χ0v) is 12.4. The van der Waals surface area contributed by atoms with Crippen molar-refractivity contribution in [2.45, 2.75) is 6.54 Å². The van der Waals surface area contributed by atoms with Crippen LogP contribution in [-0.4, -0.2) is 31.8 Å². The van der Waals surface area contributed by atoms with Crippen LogP contribution in [0.4, 0.5) is 0 Å². The molecule has 4 aromatic rings. The lowest BCUT2D eigenvalue weighted by molar-refractivity contribution is 0.407. The summed E-state index contributed by atoms with van der Waals surface area (Å²) in [5.74, 6) is 1.82. The van der Waals surface area contributed by atoms with Crippen molar-refractivity contribution in [1.82, 2.24) is 24.7 Å². The van der Waals surface area contributed by atoms with Gasteiger partial charge in [-0.3, -0.25) is 4.68 Å². The van der Waals surface area contributed by atoms with Crippen molar-refractivity contribution < 1.29 is 9.15 Å². The van der Waals surface area contributed by atoms with Crippen LogP contribution in [0.2, 0.25) is 0 Å². The van der Waals surface area contributed by atoms with Gasteiger partial charge >= 0.3 is 0 Å². The maximum Gasteiger partial charge on any atom is 0.199 e. The maximum absolute atomic E-state index is 5.37. The molecular weight excluding hydrogens is 294 g/mol. The monoisotopic (exact) mass is 307 g/mol. The predicted octanol–water partition coefficient (Wildman–Crippen LogP) is 2.54. The smallest absolute Gasteiger partial charge is 0.199 e. The number of methoxy groups -OCH3 is 1. The van der Waals surface area contributed by atoms with E-state index in [1.807, 2.05) is 35.1 Å². The molecule has 0 unspecified atom stereocenters. The highest BCUT2D eigenvalue weighted by molar-refractivity contribution is 5.74. The van der Waals surface area contributed by atoms with Gasteiger partial charge in [-0.1, -0.05) is 18.2 Å². The highest BCUT2D eigenvalue weighted by atomic mass is 16.5. The molecule has 3 aromatic heterocycles. The van der Waals surface area contributed by atoms with Gasteiger partial charge in [0.15, 0.2) is 23.6 Å². The first-order valence-electron chi connectivity index (χ1n) is 7.04. The molecular formula is C16H13N5O2. The van der Waals surface area contributed by atoms with Crippen LogP contribution in [0, 0.1) is 0 Å². The lowest BCUT2D eigenvalue weighted by Gasteiger charge is -2.07. The van der Waals surface area contributed by atoms with Gasteiger partial charge < -0.3 is 9.15 Å². The number of aromatic nitrogens is 5. The van der Waals surface area contributed by atoms with E-state index in [2.05, 4.69) is 20.1 Å². The van der Waals surface area contributed by atoms with Gasteiger partial charge in [0.25, 0.3) is 0 Å². The molecule has 0 aliphatic heterocycles. The molecule has 0 saturated carbocycles. The zero-order chi connectivity index (χ0) is 15.6. The minimum absolute atomic E-state index is 0.470. The molecule has 0 aliphatic rings. The molecule has 3 heterocycles. The second kappa shape index (κ2) is 5.53. The minimum Gasteiger partial charge on any atom is -0.496 e. The maximum atomic E-state index is 5.37. The van der Waals surface area contributed by atoms with Crippen LogP contribution >= 0.6 is 0 Å². The highest BCUT2D eigenvalue weighted by Gasteiger charge is 2.10. The standard InChI is InChI=1S/C16H13N5O2/c1-22-13-5-3-2-4-11(13)8-21-9-12-6-18-16(19-15(12)20-21)14-7-17-10-23-14/h2-7,9-10H,8H2,1H3. The minimum atomic E-state index is 0.470. The number of ether oxygens (including phenoxy) is 1. The van der Waals surface area contributed by atoms with Crippen molar-refractivity contribution in [3.63, 3.8) is 0 Å². The Bertz CT molecular complexity index is 946. The van der Waals surface area contributed by atoms with Gasteiger partial charge in [0.2, 0.25) is 0 Å². The zero-order valence-electron chi connectivity index (χ0n) is 12.4. The first kappa shape index (κ1) is 13.4. The summed E-state index contributed by atoms with van der Waals surface area (Å²) in [6.45, 7) is 0.595. The molecule has 0 amide bonds. The van der Waals surface area contributed by atoms with Crippen LogP contribution in [-0.2, 0) is 6.54 Å². The summed E-state index contributed by atoms with van der Waals surface area (Å²) < 4.78 is 12.4. The molecule has 0 fully saturated rings. The summed E-state index contributed by atoms with van der Waals surface area (Å²) in [6, 6.07) is 7.86. The summed E-state index contributed by atoms with van der Waals surface area (Å²) >= 11 is 0. The van der Waals surface area contributed by atoms with Gasteiger partial charge in [-0.05, 0) is 6.07 Å². The molecule has 1 aromatic carbocycles. The fourth-order valence-electron chi connectivity index (χ4n) is 2.40. The van der Waals surface area contributed by atoms with Gasteiger partial charge in [0.1, 0.15) is 5.75 Å². The number of hydrogen-bond donors (Lipinski definition) is 0. The SMILES string of the molecule is COc1ccccc1Cn1cc2cnc(-c3cnco3)nc2n1. The average molecular weight is 307 g/mol. The third-order valence-electron chi connectivity index (χ3n) is 3.48. The Morgan fingerprint density at radius 1 is 1.22 bits per heavy atom. The van der Waals surface area contributed by atoms with Crippen LogP contribution in [0.3, 0.4) is 0 Å². The Balaban J connectivity index is 1.69. The molecule has 0 atom stereocenters. The van der Waals surface area contributed by atoms with Crippen LogP contribution in [0.25, 0.3) is 22.6 Å². The summed E-state index contributed by atoms with van der Waals surface area (Å²) in [5.41, 5.74) is 1.66. The Morgan fingerprint density at radius 3 is 2.96 bits per heavy atom. The second-order valence-electron chi connectivity index (χ2n) is 4.98. The van der Waals surface area contributed by atoms with E-state index in [9.17, 15) is 0 Å². The van der Waals surface area contributed by atoms with Gasteiger partial charge in [0, 0.05) is 18.0 Å². The van der Waals surface area contributed by atoms with E-state index in [1.165, 1.54) is 6.39 Å². The molecule has 0 bridgehead atoms. The number of fused-ring (bicyclic) bond motifs is 1. The first-order valence-corrected chi connectivity index (χ1v) is 7.04. The van der Waals surface area contributed by atoms with Crippen molar-refractivity contribution in [2.75, 3.05) is 7.11 Å². The molecule has 0 saturated heterocycles. The van der Waals surface area contributed by atoms with Crippen LogP contribution in [0.15, 0.2) is 53.7 Å². The molecule has 0 radical (unpaired) electrons. The molecule has 23 heavy (non-hydrogen) atoms.